The molecule has 2 aromatic heterocycles. The normalized spacial score (nSPS) is 10.8. The summed E-state index contributed by atoms with van der Waals surface area (Å²) in [4.78, 5) is 45.7. The van der Waals surface area contributed by atoms with Gasteiger partial charge < -0.3 is 15.6 Å². The van der Waals surface area contributed by atoms with E-state index in [0.29, 0.717) is 28.1 Å². The molecule has 162 valence electrons. The minimum Gasteiger partial charge on any atom is -0.326 e. The van der Waals surface area contributed by atoms with E-state index >= 15 is 0 Å². The van der Waals surface area contributed by atoms with Crippen LogP contribution in [-0.2, 0) is 11.2 Å². The fourth-order valence-electron chi connectivity index (χ4n) is 3.56. The molecular formula is C24H22N4O3S. The second-order valence-corrected chi connectivity index (χ2v) is 8.58. The number of aromatic amines is 1. The summed E-state index contributed by atoms with van der Waals surface area (Å²) in [7, 11) is 0. The molecule has 7 nitrogen and oxygen atoms in total. The topological polar surface area (TPSA) is 104 Å². The lowest BCUT2D eigenvalue weighted by Gasteiger charge is -2.08. The van der Waals surface area contributed by atoms with E-state index in [4.69, 9.17) is 0 Å². The average molecular weight is 447 g/mol. The first-order chi connectivity index (χ1) is 15.4. The van der Waals surface area contributed by atoms with Crippen molar-refractivity contribution in [1.82, 2.24) is 9.97 Å². The highest BCUT2D eigenvalue weighted by Crippen LogP contribution is 2.28. The van der Waals surface area contributed by atoms with E-state index in [0.717, 1.165) is 27.3 Å². The number of hydrogen-bond acceptors (Lipinski definition) is 5. The monoisotopic (exact) mass is 446 g/mol. The summed E-state index contributed by atoms with van der Waals surface area (Å²) in [6.07, 6.45) is 0.787. The number of aromatic nitrogens is 2. The number of carbonyl (C=O) groups is 2. The van der Waals surface area contributed by atoms with E-state index in [9.17, 15) is 14.4 Å². The molecule has 0 atom stereocenters. The quantitative estimate of drug-likeness (QED) is 0.412. The summed E-state index contributed by atoms with van der Waals surface area (Å²) in [5, 5.41) is 6.17. The molecule has 2 aromatic carbocycles. The summed E-state index contributed by atoms with van der Waals surface area (Å²) in [6.45, 7) is 5.47. The third kappa shape index (κ3) is 4.31. The van der Waals surface area contributed by atoms with Crippen molar-refractivity contribution >= 4 is 44.7 Å². The van der Waals surface area contributed by atoms with E-state index in [1.165, 1.54) is 18.3 Å². The highest BCUT2D eigenvalue weighted by atomic mass is 32.1. The molecule has 8 heteroatoms. The first kappa shape index (κ1) is 21.5. The van der Waals surface area contributed by atoms with Crippen LogP contribution in [0.4, 0.5) is 11.4 Å². The SMILES string of the molecule is CCc1c(C)sc2nc(-c3ccc(C(=O)Nc4ccc(NC(C)=O)cc4)cc3)[nH]c(=O)c12. The number of fused-ring (bicyclic) bond motifs is 1. The predicted molar refractivity (Wildman–Crippen MR) is 128 cm³/mol. The van der Waals surface area contributed by atoms with Crippen molar-refractivity contribution in [2.24, 2.45) is 0 Å². The Labute approximate surface area is 188 Å². The minimum atomic E-state index is -0.262. The van der Waals surface area contributed by atoms with Gasteiger partial charge in [0.05, 0.1) is 5.39 Å². The molecule has 32 heavy (non-hydrogen) atoms. The van der Waals surface area contributed by atoms with Gasteiger partial charge in [0.1, 0.15) is 10.7 Å². The Morgan fingerprint density at radius 1 is 1.00 bits per heavy atom. The Balaban J connectivity index is 1.53. The van der Waals surface area contributed by atoms with Gasteiger partial charge in [0, 0.05) is 34.3 Å². The third-order valence-corrected chi connectivity index (χ3v) is 6.14. The lowest BCUT2D eigenvalue weighted by molar-refractivity contribution is -0.114. The van der Waals surface area contributed by atoms with Gasteiger partial charge in [-0.2, -0.15) is 0 Å². The number of nitrogens with one attached hydrogen (secondary N) is 3. The molecule has 0 fully saturated rings. The maximum absolute atomic E-state index is 12.7. The Morgan fingerprint density at radius 3 is 2.22 bits per heavy atom. The van der Waals surface area contributed by atoms with Crippen LogP contribution in [0.25, 0.3) is 21.6 Å². The molecule has 0 aliphatic carbocycles. The number of anilines is 2. The van der Waals surface area contributed by atoms with E-state index in [2.05, 4.69) is 20.6 Å². The van der Waals surface area contributed by atoms with Gasteiger partial charge in [0.2, 0.25) is 5.91 Å². The zero-order chi connectivity index (χ0) is 22.8. The standard InChI is InChI=1S/C24H22N4O3S/c1-4-19-13(2)32-24-20(19)23(31)27-21(28-24)15-5-7-16(8-6-15)22(30)26-18-11-9-17(10-12-18)25-14(3)29/h5-12H,4H2,1-3H3,(H,25,29)(H,26,30)(H,27,28,31). The number of hydrogen-bond donors (Lipinski definition) is 3. The molecule has 0 spiro atoms. The van der Waals surface area contributed by atoms with Crippen LogP contribution in [0.2, 0.25) is 0 Å². The van der Waals surface area contributed by atoms with Crippen molar-refractivity contribution in [3.05, 3.63) is 74.9 Å². The van der Waals surface area contributed by atoms with Crippen molar-refractivity contribution in [1.29, 1.82) is 0 Å². The fraction of sp³-hybridized carbons (Fsp3) is 0.167. The first-order valence-corrected chi connectivity index (χ1v) is 11.0. The van der Waals surface area contributed by atoms with Crippen molar-refractivity contribution in [3.63, 3.8) is 0 Å². The number of H-pyrrole nitrogens is 1. The smallest absolute Gasteiger partial charge is 0.260 e. The molecule has 4 aromatic rings. The van der Waals surface area contributed by atoms with Gasteiger partial charge in [-0.05, 0) is 55.3 Å². The van der Waals surface area contributed by atoms with Gasteiger partial charge in [-0.3, -0.25) is 14.4 Å². The number of nitrogens with zero attached hydrogens (tertiary/aromatic N) is 1. The summed E-state index contributed by atoms with van der Waals surface area (Å²) in [6, 6.07) is 13.8. The minimum absolute atomic E-state index is 0.143. The molecule has 3 N–H and O–H groups in total. The molecule has 0 aliphatic heterocycles. The van der Waals surface area contributed by atoms with E-state index in [1.807, 2.05) is 13.8 Å². The molecule has 4 rings (SSSR count). The highest BCUT2D eigenvalue weighted by Gasteiger charge is 2.15. The molecule has 0 aliphatic rings. The van der Waals surface area contributed by atoms with Gasteiger partial charge >= 0.3 is 0 Å². The second-order valence-electron chi connectivity index (χ2n) is 7.38. The van der Waals surface area contributed by atoms with Crippen LogP contribution >= 0.6 is 11.3 Å². The van der Waals surface area contributed by atoms with Crippen LogP contribution in [-0.4, -0.2) is 21.8 Å². The number of carbonyl (C=O) groups excluding carboxylic acids is 2. The first-order valence-electron chi connectivity index (χ1n) is 10.2. The zero-order valence-corrected chi connectivity index (χ0v) is 18.7. The van der Waals surface area contributed by atoms with Gasteiger partial charge in [0.25, 0.3) is 11.5 Å². The van der Waals surface area contributed by atoms with Gasteiger partial charge in [-0.15, -0.1) is 11.3 Å². The van der Waals surface area contributed by atoms with E-state index < -0.39 is 0 Å². The van der Waals surface area contributed by atoms with Crippen LogP contribution in [0.5, 0.6) is 0 Å². The van der Waals surface area contributed by atoms with Crippen LogP contribution < -0.4 is 16.2 Å². The highest BCUT2D eigenvalue weighted by molar-refractivity contribution is 7.18. The van der Waals surface area contributed by atoms with Crippen LogP contribution in [0.15, 0.2) is 53.3 Å². The van der Waals surface area contributed by atoms with Crippen LogP contribution in [0.3, 0.4) is 0 Å². The predicted octanol–water partition coefficient (Wildman–Crippen LogP) is 4.73. The van der Waals surface area contributed by atoms with Gasteiger partial charge in [-0.25, -0.2) is 4.98 Å². The number of benzene rings is 2. The molecule has 0 radical (unpaired) electrons. The molecule has 0 bridgehead atoms. The summed E-state index contributed by atoms with van der Waals surface area (Å²) >= 11 is 1.52. The summed E-state index contributed by atoms with van der Waals surface area (Å²) in [5.74, 6) is 0.0611. The second kappa shape index (κ2) is 8.76. The molecular weight excluding hydrogens is 424 g/mol. The number of rotatable bonds is 5. The number of thiophene rings is 1. The van der Waals surface area contributed by atoms with Crippen LogP contribution in [0, 0.1) is 6.92 Å². The van der Waals surface area contributed by atoms with Gasteiger partial charge in [-0.1, -0.05) is 19.1 Å². The third-order valence-electron chi connectivity index (χ3n) is 5.10. The van der Waals surface area contributed by atoms with Crippen molar-refractivity contribution in [2.75, 3.05) is 10.6 Å². The van der Waals surface area contributed by atoms with Crippen molar-refractivity contribution in [3.8, 4) is 11.4 Å². The Kier molecular flexibility index (Phi) is 5.87. The lowest BCUT2D eigenvalue weighted by Crippen LogP contribution is -2.12. The Morgan fingerprint density at radius 2 is 1.62 bits per heavy atom. The van der Waals surface area contributed by atoms with Gasteiger partial charge in [0.15, 0.2) is 0 Å². The van der Waals surface area contributed by atoms with Crippen molar-refractivity contribution in [2.45, 2.75) is 27.2 Å². The average Bonchev–Trinajstić information content (AvgIpc) is 3.10. The maximum atomic E-state index is 12.7. The largest absolute Gasteiger partial charge is 0.326 e. The molecule has 0 unspecified atom stereocenters. The number of aryl methyl sites for hydroxylation is 2. The zero-order valence-electron chi connectivity index (χ0n) is 17.9. The molecule has 0 saturated heterocycles. The number of amides is 2. The molecule has 0 saturated carbocycles. The van der Waals surface area contributed by atoms with E-state index in [1.54, 1.807) is 48.5 Å². The Bertz CT molecular complexity index is 1370. The van der Waals surface area contributed by atoms with Crippen molar-refractivity contribution < 1.29 is 9.59 Å². The Hall–Kier alpha value is -3.78. The maximum Gasteiger partial charge on any atom is 0.260 e. The molecule has 2 amide bonds. The lowest BCUT2D eigenvalue weighted by atomic mass is 10.1. The molecule has 2 heterocycles. The summed E-state index contributed by atoms with van der Waals surface area (Å²) in [5.41, 5.74) is 3.38. The van der Waals surface area contributed by atoms with E-state index in [-0.39, 0.29) is 17.4 Å². The van der Waals surface area contributed by atoms with Crippen LogP contribution in [0.1, 0.15) is 34.6 Å². The fourth-order valence-corrected chi connectivity index (χ4v) is 4.68. The summed E-state index contributed by atoms with van der Waals surface area (Å²) < 4.78 is 0.